The Balaban J connectivity index is 1.76. The zero-order valence-electron chi connectivity index (χ0n) is 18.8. The molecule has 1 aliphatic rings. The van der Waals surface area contributed by atoms with Crippen molar-refractivity contribution in [1.29, 1.82) is 0 Å². The van der Waals surface area contributed by atoms with Crippen LogP contribution in [0, 0.1) is 13.8 Å². The van der Waals surface area contributed by atoms with Gasteiger partial charge in [-0.2, -0.15) is 0 Å². The maximum Gasteiger partial charge on any atom is 0.253 e. The summed E-state index contributed by atoms with van der Waals surface area (Å²) in [4.78, 5) is 25.7. The first kappa shape index (κ1) is 23.8. The third-order valence-electron chi connectivity index (χ3n) is 5.57. The summed E-state index contributed by atoms with van der Waals surface area (Å²) in [6, 6.07) is 12.3. The van der Waals surface area contributed by atoms with Crippen LogP contribution in [0.25, 0.3) is 0 Å². The number of sulfonamides is 1. The number of rotatable bonds is 7. The van der Waals surface area contributed by atoms with E-state index in [0.717, 1.165) is 47.4 Å². The van der Waals surface area contributed by atoms with Crippen molar-refractivity contribution in [2.24, 2.45) is 0 Å². The maximum atomic E-state index is 12.8. The number of carbonyl (C=O) groups excluding carboxylic acids is 2. The lowest BCUT2D eigenvalue weighted by molar-refractivity contribution is -0.114. The van der Waals surface area contributed by atoms with E-state index < -0.39 is 15.9 Å². The summed E-state index contributed by atoms with van der Waals surface area (Å²) in [7, 11) is -3.69. The van der Waals surface area contributed by atoms with Gasteiger partial charge in [0.1, 0.15) is 6.54 Å². The number of hydrogen-bond acceptors (Lipinski definition) is 4. The lowest BCUT2D eigenvalue weighted by atomic mass is 9.95. The van der Waals surface area contributed by atoms with Crippen molar-refractivity contribution in [1.82, 2.24) is 5.32 Å². The Morgan fingerprint density at radius 3 is 2.25 bits per heavy atom. The number of anilines is 2. The lowest BCUT2D eigenvalue weighted by Crippen LogP contribution is -2.38. The van der Waals surface area contributed by atoms with E-state index in [0.29, 0.717) is 16.9 Å². The molecule has 172 valence electrons. The molecule has 0 spiro atoms. The van der Waals surface area contributed by atoms with E-state index in [-0.39, 0.29) is 18.5 Å². The van der Waals surface area contributed by atoms with Gasteiger partial charge in [0.2, 0.25) is 15.9 Å². The van der Waals surface area contributed by atoms with Crippen LogP contribution in [0.3, 0.4) is 0 Å². The van der Waals surface area contributed by atoms with E-state index in [1.165, 1.54) is 6.42 Å². The molecule has 2 aromatic carbocycles. The summed E-state index contributed by atoms with van der Waals surface area (Å²) < 4.78 is 25.9. The average Bonchev–Trinajstić information content (AvgIpc) is 2.71. The molecule has 8 heteroatoms. The largest absolute Gasteiger partial charge is 0.349 e. The first-order valence-electron chi connectivity index (χ1n) is 10.9. The molecule has 2 N–H and O–H groups in total. The van der Waals surface area contributed by atoms with Gasteiger partial charge in [0, 0.05) is 6.04 Å². The SMILES string of the molecule is Cc1cc(C)cc(N(CC(=O)Nc2ccccc2C(=O)NC2CCCCC2)S(C)(=O)=O)c1. The molecule has 0 bridgehead atoms. The summed E-state index contributed by atoms with van der Waals surface area (Å²) >= 11 is 0. The van der Waals surface area contributed by atoms with Crippen molar-refractivity contribution in [3.8, 4) is 0 Å². The van der Waals surface area contributed by atoms with Crippen molar-refractivity contribution in [3.05, 3.63) is 59.2 Å². The highest BCUT2D eigenvalue weighted by atomic mass is 32.2. The minimum Gasteiger partial charge on any atom is -0.349 e. The standard InChI is InChI=1S/C24H31N3O4S/c1-17-13-18(2)15-20(14-17)27(32(3,30)31)16-23(28)26-22-12-8-7-11-21(22)24(29)25-19-9-5-4-6-10-19/h7-8,11-15,19H,4-6,9-10,16H2,1-3H3,(H,25,29)(H,26,28). The number of para-hydroxylation sites is 1. The number of amides is 2. The van der Waals surface area contributed by atoms with Crippen LogP contribution in [0.5, 0.6) is 0 Å². The zero-order valence-corrected chi connectivity index (χ0v) is 19.7. The highest BCUT2D eigenvalue weighted by Gasteiger charge is 2.23. The van der Waals surface area contributed by atoms with Crippen molar-refractivity contribution in [2.75, 3.05) is 22.4 Å². The monoisotopic (exact) mass is 457 g/mol. The van der Waals surface area contributed by atoms with Gasteiger partial charge in [-0.15, -0.1) is 0 Å². The highest BCUT2D eigenvalue weighted by molar-refractivity contribution is 7.92. The molecule has 2 aromatic rings. The quantitative estimate of drug-likeness (QED) is 0.662. The summed E-state index contributed by atoms with van der Waals surface area (Å²) in [5, 5.41) is 5.78. The molecule has 0 heterocycles. The van der Waals surface area contributed by atoms with Crippen LogP contribution < -0.4 is 14.9 Å². The Kier molecular flexibility index (Phi) is 7.56. The van der Waals surface area contributed by atoms with E-state index in [4.69, 9.17) is 0 Å². The molecule has 0 atom stereocenters. The van der Waals surface area contributed by atoms with E-state index in [2.05, 4.69) is 10.6 Å². The molecule has 7 nitrogen and oxygen atoms in total. The third-order valence-corrected chi connectivity index (χ3v) is 6.71. The summed E-state index contributed by atoms with van der Waals surface area (Å²) in [5.41, 5.74) is 2.96. The van der Waals surface area contributed by atoms with Crippen molar-refractivity contribution >= 4 is 33.2 Å². The predicted octanol–water partition coefficient (Wildman–Crippen LogP) is 3.77. The molecule has 0 aliphatic heterocycles. The zero-order chi connectivity index (χ0) is 23.3. The molecule has 3 rings (SSSR count). The van der Waals surface area contributed by atoms with Gasteiger partial charge in [-0.3, -0.25) is 13.9 Å². The van der Waals surface area contributed by atoms with Crippen LogP contribution in [0.4, 0.5) is 11.4 Å². The molecule has 0 unspecified atom stereocenters. The number of nitrogens with one attached hydrogen (secondary N) is 2. The van der Waals surface area contributed by atoms with E-state index in [9.17, 15) is 18.0 Å². The van der Waals surface area contributed by atoms with Gasteiger partial charge in [0.15, 0.2) is 0 Å². The van der Waals surface area contributed by atoms with E-state index in [1.54, 1.807) is 36.4 Å². The average molecular weight is 458 g/mol. The van der Waals surface area contributed by atoms with Crippen LogP contribution >= 0.6 is 0 Å². The first-order chi connectivity index (χ1) is 15.1. The topological polar surface area (TPSA) is 95.6 Å². The summed E-state index contributed by atoms with van der Waals surface area (Å²) in [5.74, 6) is -0.755. The number of benzene rings is 2. The van der Waals surface area contributed by atoms with Crippen molar-refractivity contribution in [3.63, 3.8) is 0 Å². The highest BCUT2D eigenvalue weighted by Crippen LogP contribution is 2.23. The van der Waals surface area contributed by atoms with Gasteiger partial charge in [0.25, 0.3) is 5.91 Å². The van der Waals surface area contributed by atoms with Crippen LogP contribution in [-0.2, 0) is 14.8 Å². The Morgan fingerprint density at radius 1 is 1.00 bits per heavy atom. The second-order valence-corrected chi connectivity index (χ2v) is 10.4. The third kappa shape index (κ3) is 6.32. The Bertz CT molecular complexity index is 1070. The summed E-state index contributed by atoms with van der Waals surface area (Å²) in [6.07, 6.45) is 6.38. The minimum atomic E-state index is -3.69. The molecule has 0 radical (unpaired) electrons. The molecule has 0 saturated heterocycles. The van der Waals surface area contributed by atoms with Crippen LogP contribution in [-0.4, -0.2) is 39.1 Å². The Morgan fingerprint density at radius 2 is 1.62 bits per heavy atom. The number of carbonyl (C=O) groups is 2. The number of hydrogen-bond donors (Lipinski definition) is 2. The van der Waals surface area contributed by atoms with Crippen LogP contribution in [0.15, 0.2) is 42.5 Å². The fourth-order valence-corrected chi connectivity index (χ4v) is 4.96. The Hall–Kier alpha value is -2.87. The van der Waals surface area contributed by atoms with Gasteiger partial charge in [0.05, 0.1) is 23.2 Å². The van der Waals surface area contributed by atoms with Gasteiger partial charge in [-0.05, 0) is 62.1 Å². The predicted molar refractivity (Wildman–Crippen MR) is 128 cm³/mol. The number of aryl methyl sites for hydroxylation is 2. The van der Waals surface area contributed by atoms with E-state index >= 15 is 0 Å². The molecule has 32 heavy (non-hydrogen) atoms. The fraction of sp³-hybridized carbons (Fsp3) is 0.417. The van der Waals surface area contributed by atoms with Crippen LogP contribution in [0.1, 0.15) is 53.6 Å². The molecular weight excluding hydrogens is 426 g/mol. The van der Waals surface area contributed by atoms with Crippen molar-refractivity contribution < 1.29 is 18.0 Å². The molecular formula is C24H31N3O4S. The summed E-state index contributed by atoms with van der Waals surface area (Å²) in [6.45, 7) is 3.36. The molecule has 1 aliphatic carbocycles. The maximum absolute atomic E-state index is 12.8. The minimum absolute atomic E-state index is 0.144. The number of nitrogens with zero attached hydrogens (tertiary/aromatic N) is 1. The van der Waals surface area contributed by atoms with Gasteiger partial charge >= 0.3 is 0 Å². The van der Waals surface area contributed by atoms with Gasteiger partial charge in [-0.1, -0.05) is 37.5 Å². The molecule has 0 aromatic heterocycles. The van der Waals surface area contributed by atoms with Crippen LogP contribution in [0.2, 0.25) is 0 Å². The molecule has 1 saturated carbocycles. The van der Waals surface area contributed by atoms with Gasteiger partial charge < -0.3 is 10.6 Å². The second kappa shape index (κ2) is 10.2. The lowest BCUT2D eigenvalue weighted by Gasteiger charge is -2.24. The fourth-order valence-electron chi connectivity index (χ4n) is 4.12. The van der Waals surface area contributed by atoms with Crippen molar-refractivity contribution in [2.45, 2.75) is 52.0 Å². The van der Waals surface area contributed by atoms with Gasteiger partial charge in [-0.25, -0.2) is 8.42 Å². The smallest absolute Gasteiger partial charge is 0.253 e. The normalized spacial score (nSPS) is 14.6. The van der Waals surface area contributed by atoms with E-state index in [1.807, 2.05) is 19.9 Å². The molecule has 1 fully saturated rings. The second-order valence-electron chi connectivity index (χ2n) is 8.52. The first-order valence-corrected chi connectivity index (χ1v) is 12.7. The Labute approximate surface area is 190 Å². The molecule has 2 amide bonds.